The van der Waals surface area contributed by atoms with Crippen LogP contribution in [0.5, 0.6) is 11.5 Å². The standard InChI is InChI=1S/C24H23ClO4/c1-11(2)23(26)28-21-16-7-6-8-17(25)18(16)22(29-24(27)12(3)4)20-15-10-9-14(13(15)5)19(20)21/h6-8,13-15H,1,3,9-10H2,2,4-5H3. The molecule has 0 amide bonds. The third-order valence-electron chi connectivity index (χ3n) is 6.15. The van der Waals surface area contributed by atoms with Crippen LogP contribution in [0.1, 0.15) is 56.6 Å². The fraction of sp³-hybridized carbons (Fsp3) is 0.333. The second kappa shape index (κ2) is 7.03. The Bertz CT molecular complexity index is 1100. The summed E-state index contributed by atoms with van der Waals surface area (Å²) in [6.45, 7) is 12.8. The number of hydrogen-bond donors (Lipinski definition) is 0. The van der Waals surface area contributed by atoms with Crippen molar-refractivity contribution in [2.45, 2.75) is 45.4 Å². The number of benzene rings is 2. The molecule has 1 fully saturated rings. The smallest absolute Gasteiger partial charge is 0.338 e. The normalized spacial score (nSPS) is 21.7. The number of ether oxygens (including phenoxy) is 2. The van der Waals surface area contributed by atoms with E-state index in [9.17, 15) is 9.59 Å². The molecule has 2 aromatic carbocycles. The Morgan fingerprint density at radius 2 is 1.48 bits per heavy atom. The molecular formula is C24H23ClO4. The van der Waals surface area contributed by atoms with Gasteiger partial charge in [0.2, 0.25) is 0 Å². The van der Waals surface area contributed by atoms with Crippen LogP contribution < -0.4 is 9.47 Å². The maximum absolute atomic E-state index is 12.4. The lowest BCUT2D eigenvalue weighted by Gasteiger charge is -2.24. The summed E-state index contributed by atoms with van der Waals surface area (Å²) in [6.07, 6.45) is 2.01. The van der Waals surface area contributed by atoms with Gasteiger partial charge in [0.15, 0.2) is 0 Å². The first-order valence-corrected chi connectivity index (χ1v) is 10.1. The second-order valence-corrected chi connectivity index (χ2v) is 8.54. The number of esters is 2. The van der Waals surface area contributed by atoms with E-state index >= 15 is 0 Å². The first-order chi connectivity index (χ1) is 13.7. The van der Waals surface area contributed by atoms with Crippen LogP contribution in [0, 0.1) is 5.92 Å². The molecule has 0 aromatic heterocycles. The number of fused-ring (bicyclic) bond motifs is 6. The minimum Gasteiger partial charge on any atom is -0.422 e. The first kappa shape index (κ1) is 19.7. The van der Waals surface area contributed by atoms with Crippen LogP contribution in [0.15, 0.2) is 42.5 Å². The van der Waals surface area contributed by atoms with Crippen molar-refractivity contribution in [1.82, 2.24) is 0 Å². The van der Waals surface area contributed by atoms with E-state index in [4.69, 9.17) is 21.1 Å². The average molecular weight is 411 g/mol. The Morgan fingerprint density at radius 1 is 0.966 bits per heavy atom. The van der Waals surface area contributed by atoms with Gasteiger partial charge in [0.05, 0.1) is 5.02 Å². The molecule has 29 heavy (non-hydrogen) atoms. The van der Waals surface area contributed by atoms with Crippen molar-refractivity contribution in [3.05, 3.63) is 58.7 Å². The van der Waals surface area contributed by atoms with Crippen molar-refractivity contribution in [2.24, 2.45) is 5.92 Å². The molecule has 3 atom stereocenters. The second-order valence-electron chi connectivity index (χ2n) is 8.14. The van der Waals surface area contributed by atoms with Crippen LogP contribution >= 0.6 is 11.6 Å². The van der Waals surface area contributed by atoms with Crippen LogP contribution in [0.2, 0.25) is 5.02 Å². The molecule has 2 aromatic rings. The third-order valence-corrected chi connectivity index (χ3v) is 6.47. The Kier molecular flexibility index (Phi) is 4.78. The lowest BCUT2D eigenvalue weighted by atomic mass is 9.87. The zero-order valence-corrected chi connectivity index (χ0v) is 17.6. The highest BCUT2D eigenvalue weighted by molar-refractivity contribution is 6.36. The van der Waals surface area contributed by atoms with E-state index in [2.05, 4.69) is 20.1 Å². The van der Waals surface area contributed by atoms with Gasteiger partial charge in [-0.2, -0.15) is 0 Å². The summed E-state index contributed by atoms with van der Waals surface area (Å²) >= 11 is 6.56. The van der Waals surface area contributed by atoms with Gasteiger partial charge < -0.3 is 9.47 Å². The van der Waals surface area contributed by atoms with Crippen LogP contribution in [0.3, 0.4) is 0 Å². The highest BCUT2D eigenvalue weighted by atomic mass is 35.5. The van der Waals surface area contributed by atoms with Gasteiger partial charge in [-0.3, -0.25) is 0 Å². The number of carbonyl (C=O) groups excluding carboxylic acids is 2. The molecule has 0 N–H and O–H groups in total. The van der Waals surface area contributed by atoms with Gasteiger partial charge in [-0.05, 0) is 50.5 Å². The maximum Gasteiger partial charge on any atom is 0.338 e. The van der Waals surface area contributed by atoms with E-state index in [0.717, 1.165) is 24.0 Å². The summed E-state index contributed by atoms with van der Waals surface area (Å²) in [7, 11) is 0. The van der Waals surface area contributed by atoms with E-state index in [-0.39, 0.29) is 11.8 Å². The van der Waals surface area contributed by atoms with Crippen LogP contribution in [0.4, 0.5) is 0 Å². The molecule has 2 aliphatic rings. The van der Waals surface area contributed by atoms with E-state index in [1.807, 2.05) is 6.07 Å². The number of carbonyl (C=O) groups is 2. The van der Waals surface area contributed by atoms with Gasteiger partial charge in [0.25, 0.3) is 0 Å². The Morgan fingerprint density at radius 3 is 2.03 bits per heavy atom. The van der Waals surface area contributed by atoms with E-state index < -0.39 is 11.9 Å². The van der Waals surface area contributed by atoms with Gasteiger partial charge in [-0.1, -0.05) is 43.8 Å². The maximum atomic E-state index is 12.4. The zero-order chi connectivity index (χ0) is 21.0. The van der Waals surface area contributed by atoms with Crippen LogP contribution in [-0.2, 0) is 9.59 Å². The molecular weight excluding hydrogens is 388 g/mol. The first-order valence-electron chi connectivity index (χ1n) is 9.75. The molecule has 150 valence electrons. The highest BCUT2D eigenvalue weighted by Gasteiger charge is 2.48. The van der Waals surface area contributed by atoms with Crippen molar-refractivity contribution in [3.8, 4) is 11.5 Å². The lowest BCUT2D eigenvalue weighted by molar-refractivity contribution is -0.131. The topological polar surface area (TPSA) is 52.6 Å². The number of halogens is 1. The fourth-order valence-corrected chi connectivity index (χ4v) is 5.02. The third kappa shape index (κ3) is 2.98. The molecule has 2 aliphatic carbocycles. The van der Waals surface area contributed by atoms with Gasteiger partial charge in [0.1, 0.15) is 11.5 Å². The Labute approximate surface area is 175 Å². The molecule has 4 rings (SSSR count). The summed E-state index contributed by atoms with van der Waals surface area (Å²) in [6, 6.07) is 5.39. The van der Waals surface area contributed by atoms with Gasteiger partial charge in [-0.15, -0.1) is 0 Å². The SMILES string of the molecule is C=C(C)C(=O)Oc1c2c(c(OC(=O)C(=C)C)c3c(Cl)cccc13)C1CCC2C1C. The molecule has 0 aliphatic heterocycles. The largest absolute Gasteiger partial charge is 0.422 e. The molecule has 3 unspecified atom stereocenters. The van der Waals surface area contributed by atoms with E-state index in [1.54, 1.807) is 26.0 Å². The quantitative estimate of drug-likeness (QED) is 0.349. The molecule has 5 heteroatoms. The van der Waals surface area contributed by atoms with Crippen LogP contribution in [-0.4, -0.2) is 11.9 Å². The van der Waals surface area contributed by atoms with Crippen molar-refractivity contribution >= 4 is 34.3 Å². The molecule has 1 saturated carbocycles. The Hall–Kier alpha value is -2.59. The molecule has 0 spiro atoms. The zero-order valence-electron chi connectivity index (χ0n) is 16.8. The predicted molar refractivity (Wildman–Crippen MR) is 114 cm³/mol. The summed E-state index contributed by atoms with van der Waals surface area (Å²) in [5.41, 5.74) is 2.53. The van der Waals surface area contributed by atoms with Crippen molar-refractivity contribution < 1.29 is 19.1 Å². The lowest BCUT2D eigenvalue weighted by Crippen LogP contribution is -2.15. The molecule has 0 radical (unpaired) electrons. The van der Waals surface area contributed by atoms with Gasteiger partial charge in [0, 0.05) is 33.0 Å². The number of rotatable bonds is 4. The van der Waals surface area contributed by atoms with E-state index in [0.29, 0.717) is 44.4 Å². The highest BCUT2D eigenvalue weighted by Crippen LogP contribution is 2.64. The summed E-state index contributed by atoms with van der Waals surface area (Å²) in [4.78, 5) is 24.9. The van der Waals surface area contributed by atoms with Crippen molar-refractivity contribution in [3.63, 3.8) is 0 Å². The average Bonchev–Trinajstić information content (AvgIpc) is 3.16. The van der Waals surface area contributed by atoms with Gasteiger partial charge >= 0.3 is 11.9 Å². The fourth-order valence-electron chi connectivity index (χ4n) is 4.76. The monoisotopic (exact) mass is 410 g/mol. The predicted octanol–water partition coefficient (Wildman–Crippen LogP) is 6.07. The van der Waals surface area contributed by atoms with Crippen LogP contribution in [0.25, 0.3) is 10.8 Å². The van der Waals surface area contributed by atoms with Crippen molar-refractivity contribution in [2.75, 3.05) is 0 Å². The molecule has 2 bridgehead atoms. The summed E-state index contributed by atoms with van der Waals surface area (Å²) < 4.78 is 11.7. The molecule has 4 nitrogen and oxygen atoms in total. The summed E-state index contributed by atoms with van der Waals surface area (Å²) in [5.74, 6) is 0.859. The number of hydrogen-bond acceptors (Lipinski definition) is 4. The minimum atomic E-state index is -0.490. The minimum absolute atomic E-state index is 0.228. The van der Waals surface area contributed by atoms with E-state index in [1.165, 1.54) is 0 Å². The molecule has 0 saturated heterocycles. The summed E-state index contributed by atoms with van der Waals surface area (Å²) in [5, 5.41) is 1.69. The molecule has 0 heterocycles. The Balaban J connectivity index is 2.06. The van der Waals surface area contributed by atoms with Gasteiger partial charge in [-0.25, -0.2) is 9.59 Å². The van der Waals surface area contributed by atoms with Crippen molar-refractivity contribution in [1.29, 1.82) is 0 Å².